The molecule has 1 unspecified atom stereocenters. The maximum absolute atomic E-state index is 11.2. The number of nitrogens with two attached hydrogens (primary N) is 1. The van der Waals surface area contributed by atoms with Gasteiger partial charge in [-0.15, -0.1) is 0 Å². The van der Waals surface area contributed by atoms with Gasteiger partial charge in [0.15, 0.2) is 0 Å². The molecule has 0 saturated heterocycles. The van der Waals surface area contributed by atoms with Crippen LogP contribution >= 0.6 is 0 Å². The number of amidine groups is 1. The lowest BCUT2D eigenvalue weighted by molar-refractivity contribution is 0.311. The lowest BCUT2D eigenvalue weighted by Crippen LogP contribution is -2.25. The molecule has 0 spiro atoms. The number of aliphatic hydroxyl groups is 1. The van der Waals surface area contributed by atoms with Crippen LogP contribution in [0.4, 0.5) is 11.4 Å². The van der Waals surface area contributed by atoms with Gasteiger partial charge in [-0.25, -0.2) is 4.21 Å². The number of benzene rings is 1. The summed E-state index contributed by atoms with van der Waals surface area (Å²) in [7, 11) is 0. The number of fused-ring (bicyclic) bond motifs is 1. The molecule has 2 rings (SSSR count). The summed E-state index contributed by atoms with van der Waals surface area (Å²) in [5, 5.41) is 11.8. The molecule has 0 fully saturated rings. The second-order valence-corrected chi connectivity index (χ2v) is 4.09. The molecule has 1 heterocycles. The zero-order chi connectivity index (χ0) is 13.5. The number of nitrogens with zero attached hydrogens (tertiary/aromatic N) is 1. The van der Waals surface area contributed by atoms with Crippen LogP contribution in [0.2, 0.25) is 0 Å². The molecule has 18 heavy (non-hydrogen) atoms. The standard InChI is InChI=1S/C9H12N4O2S.C2H6/c10-9-8-6(11-4-5-14)2-1-3-7(8)12-16(15)13-9;1-2/h1-3,11-12,14H,4-5H2,(H2,10,13);1-2H3. The Morgan fingerprint density at radius 3 is 2.89 bits per heavy atom. The van der Waals surface area contributed by atoms with E-state index in [1.807, 2.05) is 19.9 Å². The van der Waals surface area contributed by atoms with Crippen molar-refractivity contribution < 1.29 is 9.32 Å². The zero-order valence-electron chi connectivity index (χ0n) is 10.4. The molecule has 0 amide bonds. The Morgan fingerprint density at radius 2 is 2.22 bits per heavy atom. The van der Waals surface area contributed by atoms with Crippen LogP contribution in [0.5, 0.6) is 0 Å². The van der Waals surface area contributed by atoms with Crippen molar-refractivity contribution in [3.05, 3.63) is 23.8 Å². The number of rotatable bonds is 3. The second kappa shape index (κ2) is 6.97. The molecule has 0 bridgehead atoms. The third-order valence-electron chi connectivity index (χ3n) is 2.13. The number of hydrogen-bond donors (Lipinski definition) is 4. The number of anilines is 2. The highest BCUT2D eigenvalue weighted by Gasteiger charge is 2.18. The molecule has 5 N–H and O–H groups in total. The van der Waals surface area contributed by atoms with Crippen molar-refractivity contribution in [2.75, 3.05) is 23.2 Å². The highest BCUT2D eigenvalue weighted by Crippen LogP contribution is 2.27. The Labute approximate surface area is 109 Å². The Hall–Kier alpha value is -1.60. The van der Waals surface area contributed by atoms with Gasteiger partial charge in [0.05, 0.1) is 17.9 Å². The van der Waals surface area contributed by atoms with Crippen molar-refractivity contribution in [3.8, 4) is 0 Å². The van der Waals surface area contributed by atoms with Gasteiger partial charge in [0.25, 0.3) is 0 Å². The van der Waals surface area contributed by atoms with Crippen molar-refractivity contribution in [1.29, 1.82) is 0 Å². The first-order valence-electron chi connectivity index (χ1n) is 5.73. The quantitative estimate of drug-likeness (QED) is 0.653. The first kappa shape index (κ1) is 14.5. The average Bonchev–Trinajstić information content (AvgIpc) is 2.38. The van der Waals surface area contributed by atoms with Crippen molar-refractivity contribution >= 4 is 28.4 Å². The van der Waals surface area contributed by atoms with Crippen LogP contribution in [0.1, 0.15) is 19.4 Å². The Balaban J connectivity index is 0.000000771. The molecule has 1 atom stereocenters. The summed E-state index contributed by atoms with van der Waals surface area (Å²) >= 11 is -1.51. The number of nitrogens with one attached hydrogen (secondary N) is 2. The molecule has 1 aliphatic heterocycles. The van der Waals surface area contributed by atoms with Crippen molar-refractivity contribution in [2.24, 2.45) is 10.1 Å². The topological polar surface area (TPSA) is 99.7 Å². The maximum Gasteiger partial charge on any atom is 0.245 e. The molecule has 1 aromatic rings. The first-order valence-corrected chi connectivity index (χ1v) is 6.84. The highest BCUT2D eigenvalue weighted by molar-refractivity contribution is 7.85. The number of aliphatic hydroxyl groups excluding tert-OH is 1. The van der Waals surface area contributed by atoms with Gasteiger partial charge in [0.2, 0.25) is 11.2 Å². The zero-order valence-corrected chi connectivity index (χ0v) is 11.3. The summed E-state index contributed by atoms with van der Waals surface area (Å²) in [6, 6.07) is 5.41. The van der Waals surface area contributed by atoms with Crippen LogP contribution in [-0.4, -0.2) is 28.3 Å². The molecule has 0 aromatic heterocycles. The largest absolute Gasteiger partial charge is 0.395 e. The minimum absolute atomic E-state index is 0.0279. The van der Waals surface area contributed by atoms with E-state index in [-0.39, 0.29) is 12.4 Å². The second-order valence-electron chi connectivity index (χ2n) is 3.21. The van der Waals surface area contributed by atoms with E-state index in [1.165, 1.54) is 0 Å². The molecule has 1 aliphatic rings. The molecule has 0 aliphatic carbocycles. The van der Waals surface area contributed by atoms with E-state index >= 15 is 0 Å². The highest BCUT2D eigenvalue weighted by atomic mass is 32.2. The van der Waals surface area contributed by atoms with Gasteiger partial charge in [-0.3, -0.25) is 4.72 Å². The summed E-state index contributed by atoms with van der Waals surface area (Å²) in [4.78, 5) is 0. The van der Waals surface area contributed by atoms with Gasteiger partial charge in [-0.05, 0) is 12.1 Å². The van der Waals surface area contributed by atoms with Gasteiger partial charge in [0.1, 0.15) is 5.84 Å². The predicted octanol–water partition coefficient (Wildman–Crippen LogP) is 0.826. The van der Waals surface area contributed by atoms with Crippen molar-refractivity contribution in [1.82, 2.24) is 0 Å². The minimum Gasteiger partial charge on any atom is -0.395 e. The lowest BCUT2D eigenvalue weighted by Gasteiger charge is -2.18. The van der Waals surface area contributed by atoms with E-state index in [4.69, 9.17) is 10.8 Å². The average molecular weight is 270 g/mol. The Morgan fingerprint density at radius 1 is 1.50 bits per heavy atom. The molecule has 100 valence electrons. The van der Waals surface area contributed by atoms with Gasteiger partial charge >= 0.3 is 0 Å². The van der Waals surface area contributed by atoms with Crippen molar-refractivity contribution in [2.45, 2.75) is 13.8 Å². The van der Waals surface area contributed by atoms with Gasteiger partial charge in [-0.1, -0.05) is 19.9 Å². The molecule has 7 heteroatoms. The molecule has 1 aromatic carbocycles. The fourth-order valence-electron chi connectivity index (χ4n) is 1.50. The summed E-state index contributed by atoms with van der Waals surface area (Å²) < 4.78 is 17.7. The Bertz CT molecular complexity index is 462. The number of hydrogen-bond acceptors (Lipinski definition) is 4. The van der Waals surface area contributed by atoms with E-state index in [2.05, 4.69) is 14.4 Å². The third kappa shape index (κ3) is 3.21. The third-order valence-corrected chi connectivity index (χ3v) is 2.88. The van der Waals surface area contributed by atoms with E-state index in [0.29, 0.717) is 17.8 Å². The van der Waals surface area contributed by atoms with Crippen LogP contribution in [0.25, 0.3) is 0 Å². The van der Waals surface area contributed by atoms with Gasteiger partial charge in [-0.2, -0.15) is 4.40 Å². The van der Waals surface area contributed by atoms with Crippen LogP contribution in [0, 0.1) is 0 Å². The molecule has 0 saturated carbocycles. The van der Waals surface area contributed by atoms with Gasteiger partial charge < -0.3 is 16.2 Å². The summed E-state index contributed by atoms with van der Waals surface area (Å²) in [5.41, 5.74) is 7.85. The Kier molecular flexibility index (Phi) is 5.60. The van der Waals surface area contributed by atoms with Crippen LogP contribution in [-0.2, 0) is 11.2 Å². The fraction of sp³-hybridized carbons (Fsp3) is 0.364. The van der Waals surface area contributed by atoms with Crippen LogP contribution < -0.4 is 15.8 Å². The van der Waals surface area contributed by atoms with Gasteiger partial charge in [0, 0.05) is 12.2 Å². The van der Waals surface area contributed by atoms with E-state index < -0.39 is 11.2 Å². The summed E-state index contributed by atoms with van der Waals surface area (Å²) in [6.07, 6.45) is 0. The first-order chi connectivity index (χ1) is 8.72. The normalized spacial score (nSPS) is 16.6. The van der Waals surface area contributed by atoms with Crippen LogP contribution in [0.3, 0.4) is 0 Å². The molecular weight excluding hydrogens is 252 g/mol. The predicted molar refractivity (Wildman–Crippen MR) is 75.9 cm³/mol. The molecule has 6 nitrogen and oxygen atoms in total. The molecular formula is C11H18N4O2S. The van der Waals surface area contributed by atoms with E-state index in [1.54, 1.807) is 12.1 Å². The fourth-order valence-corrected chi connectivity index (χ4v) is 2.18. The van der Waals surface area contributed by atoms with E-state index in [0.717, 1.165) is 5.69 Å². The lowest BCUT2D eigenvalue weighted by atomic mass is 10.1. The summed E-state index contributed by atoms with van der Waals surface area (Å²) in [6.45, 7) is 4.45. The molecule has 0 radical (unpaired) electrons. The SMILES string of the molecule is CC.NC1=NS(=O)Nc2cccc(NCCO)c21. The maximum atomic E-state index is 11.2. The van der Waals surface area contributed by atoms with E-state index in [9.17, 15) is 4.21 Å². The minimum atomic E-state index is -1.51. The summed E-state index contributed by atoms with van der Waals surface area (Å²) in [5.74, 6) is 0.230. The monoisotopic (exact) mass is 270 g/mol. The van der Waals surface area contributed by atoms with Crippen LogP contribution in [0.15, 0.2) is 22.6 Å². The van der Waals surface area contributed by atoms with Crippen molar-refractivity contribution in [3.63, 3.8) is 0 Å². The smallest absolute Gasteiger partial charge is 0.245 e.